The van der Waals surface area contributed by atoms with E-state index in [1.807, 2.05) is 12.1 Å². The molecule has 1 N–H and O–H groups in total. The first kappa shape index (κ1) is 13.9. The van der Waals surface area contributed by atoms with Crippen LogP contribution in [0.2, 0.25) is 0 Å². The molecule has 4 nitrogen and oxygen atoms in total. The third-order valence-corrected chi connectivity index (χ3v) is 4.64. The number of hydrogen-bond donors (Lipinski definition) is 1. The van der Waals surface area contributed by atoms with Crippen molar-refractivity contribution < 1.29 is 9.84 Å². The molecule has 0 radical (unpaired) electrons. The Balaban J connectivity index is 1.71. The molecule has 2 heterocycles. The number of piperazine rings is 1. The number of aliphatic hydroxyl groups excluding tert-OH is 1. The molecule has 2 saturated heterocycles. The first-order valence-corrected chi connectivity index (χ1v) is 7.45. The average molecular weight is 276 g/mol. The molecule has 110 valence electrons. The van der Waals surface area contributed by atoms with Crippen molar-refractivity contribution in [2.24, 2.45) is 0 Å². The monoisotopic (exact) mass is 276 g/mol. The molecule has 3 atom stereocenters. The van der Waals surface area contributed by atoms with Gasteiger partial charge in [0.05, 0.1) is 13.2 Å². The summed E-state index contributed by atoms with van der Waals surface area (Å²) in [7, 11) is 1.73. The summed E-state index contributed by atoms with van der Waals surface area (Å²) in [6, 6.07) is 9.27. The number of ether oxygens (including phenoxy) is 1. The summed E-state index contributed by atoms with van der Waals surface area (Å²) >= 11 is 0. The van der Waals surface area contributed by atoms with E-state index >= 15 is 0 Å². The van der Waals surface area contributed by atoms with Gasteiger partial charge in [0.15, 0.2) is 0 Å². The number of nitrogens with zero attached hydrogens (tertiary/aromatic N) is 2. The third-order valence-electron chi connectivity index (χ3n) is 4.64. The summed E-state index contributed by atoms with van der Waals surface area (Å²) in [4.78, 5) is 4.95. The van der Waals surface area contributed by atoms with E-state index < -0.39 is 0 Å². The first-order valence-electron chi connectivity index (χ1n) is 7.45. The maximum absolute atomic E-state index is 9.82. The Kier molecular flexibility index (Phi) is 3.96. The lowest BCUT2D eigenvalue weighted by Gasteiger charge is -2.42. The van der Waals surface area contributed by atoms with Gasteiger partial charge in [0.25, 0.3) is 0 Å². The fourth-order valence-corrected chi connectivity index (χ4v) is 3.55. The SMILES string of the molecule is COc1ccccc1CN1C[C@H]2C[C@@H](O)CN2C[C@H]1C. The summed E-state index contributed by atoms with van der Waals surface area (Å²) in [5.41, 5.74) is 1.24. The van der Waals surface area contributed by atoms with Crippen molar-refractivity contribution in [3.05, 3.63) is 29.8 Å². The molecule has 0 aliphatic carbocycles. The second-order valence-electron chi connectivity index (χ2n) is 6.09. The van der Waals surface area contributed by atoms with Crippen molar-refractivity contribution in [3.8, 4) is 5.75 Å². The zero-order valence-corrected chi connectivity index (χ0v) is 12.3. The van der Waals surface area contributed by atoms with Gasteiger partial charge in [-0.15, -0.1) is 0 Å². The highest BCUT2D eigenvalue weighted by molar-refractivity contribution is 5.33. The lowest BCUT2D eigenvalue weighted by molar-refractivity contribution is 0.0524. The Morgan fingerprint density at radius 1 is 1.25 bits per heavy atom. The molecule has 1 aromatic carbocycles. The molecule has 0 bridgehead atoms. The van der Waals surface area contributed by atoms with Gasteiger partial charge in [0.2, 0.25) is 0 Å². The largest absolute Gasteiger partial charge is 0.496 e. The second-order valence-corrected chi connectivity index (χ2v) is 6.09. The van der Waals surface area contributed by atoms with Crippen LogP contribution in [0.15, 0.2) is 24.3 Å². The highest BCUT2D eigenvalue weighted by atomic mass is 16.5. The number of methoxy groups -OCH3 is 1. The Morgan fingerprint density at radius 3 is 2.85 bits per heavy atom. The van der Waals surface area contributed by atoms with Crippen LogP contribution >= 0.6 is 0 Å². The highest BCUT2D eigenvalue weighted by Crippen LogP contribution is 2.27. The lowest BCUT2D eigenvalue weighted by Crippen LogP contribution is -2.54. The number of aliphatic hydroxyl groups is 1. The summed E-state index contributed by atoms with van der Waals surface area (Å²) < 4.78 is 5.45. The van der Waals surface area contributed by atoms with Crippen LogP contribution in [0.4, 0.5) is 0 Å². The van der Waals surface area contributed by atoms with Crippen LogP contribution in [0, 0.1) is 0 Å². The van der Waals surface area contributed by atoms with Crippen molar-refractivity contribution >= 4 is 0 Å². The van der Waals surface area contributed by atoms with E-state index in [2.05, 4.69) is 28.9 Å². The van der Waals surface area contributed by atoms with Gasteiger partial charge < -0.3 is 9.84 Å². The lowest BCUT2D eigenvalue weighted by atomic mass is 10.1. The topological polar surface area (TPSA) is 35.9 Å². The molecule has 2 aliphatic rings. The van der Waals surface area contributed by atoms with Gasteiger partial charge in [0, 0.05) is 43.8 Å². The number of hydrogen-bond acceptors (Lipinski definition) is 4. The number of fused-ring (bicyclic) bond motifs is 1. The predicted octanol–water partition coefficient (Wildman–Crippen LogP) is 1.33. The predicted molar refractivity (Wildman–Crippen MR) is 78.9 cm³/mol. The van der Waals surface area contributed by atoms with E-state index in [4.69, 9.17) is 4.74 Å². The minimum Gasteiger partial charge on any atom is -0.496 e. The Bertz CT molecular complexity index is 466. The van der Waals surface area contributed by atoms with Gasteiger partial charge in [-0.3, -0.25) is 9.80 Å². The molecule has 4 heteroatoms. The average Bonchev–Trinajstić information content (AvgIpc) is 2.79. The molecule has 20 heavy (non-hydrogen) atoms. The maximum Gasteiger partial charge on any atom is 0.123 e. The number of benzene rings is 1. The summed E-state index contributed by atoms with van der Waals surface area (Å²) in [5, 5.41) is 9.82. The van der Waals surface area contributed by atoms with E-state index in [-0.39, 0.29) is 6.10 Å². The van der Waals surface area contributed by atoms with E-state index in [1.54, 1.807) is 7.11 Å². The van der Waals surface area contributed by atoms with Gasteiger partial charge in [-0.2, -0.15) is 0 Å². The normalized spacial score (nSPS) is 31.2. The van der Waals surface area contributed by atoms with Gasteiger partial charge in [-0.25, -0.2) is 0 Å². The van der Waals surface area contributed by atoms with Crippen LogP contribution in [0.5, 0.6) is 5.75 Å². The minimum atomic E-state index is -0.140. The first-order chi connectivity index (χ1) is 9.67. The van der Waals surface area contributed by atoms with Crippen LogP contribution in [0.1, 0.15) is 18.9 Å². The summed E-state index contributed by atoms with van der Waals surface area (Å²) in [6.45, 7) is 6.13. The minimum absolute atomic E-state index is 0.140. The number of para-hydroxylation sites is 1. The highest BCUT2D eigenvalue weighted by Gasteiger charge is 2.38. The van der Waals surface area contributed by atoms with E-state index in [9.17, 15) is 5.11 Å². The smallest absolute Gasteiger partial charge is 0.123 e. The molecule has 0 spiro atoms. The molecular formula is C16H24N2O2. The standard InChI is InChI=1S/C16H24N2O2/c1-12-8-18-11-15(19)7-14(18)10-17(12)9-13-5-3-4-6-16(13)20-2/h3-6,12,14-15,19H,7-11H2,1-2H3/t12-,14-,15-/m1/s1. The van der Waals surface area contributed by atoms with Crippen LogP contribution < -0.4 is 4.74 Å². The zero-order valence-electron chi connectivity index (χ0n) is 12.3. The van der Waals surface area contributed by atoms with Crippen molar-refractivity contribution in [2.45, 2.75) is 38.1 Å². The summed E-state index contributed by atoms with van der Waals surface area (Å²) in [5.74, 6) is 0.966. The molecule has 2 fully saturated rings. The zero-order chi connectivity index (χ0) is 14.1. The van der Waals surface area contributed by atoms with E-state index in [1.165, 1.54) is 5.56 Å². The van der Waals surface area contributed by atoms with Crippen molar-refractivity contribution in [3.63, 3.8) is 0 Å². The van der Waals surface area contributed by atoms with Crippen LogP contribution in [-0.4, -0.2) is 59.8 Å². The van der Waals surface area contributed by atoms with Crippen molar-refractivity contribution in [2.75, 3.05) is 26.7 Å². The Morgan fingerprint density at radius 2 is 2.05 bits per heavy atom. The fourth-order valence-electron chi connectivity index (χ4n) is 3.55. The molecule has 0 unspecified atom stereocenters. The van der Waals surface area contributed by atoms with E-state index in [0.29, 0.717) is 12.1 Å². The fraction of sp³-hybridized carbons (Fsp3) is 0.625. The molecule has 0 aromatic heterocycles. The van der Waals surface area contributed by atoms with Gasteiger partial charge in [0.1, 0.15) is 5.75 Å². The second kappa shape index (κ2) is 5.72. The van der Waals surface area contributed by atoms with E-state index in [0.717, 1.165) is 38.3 Å². The third kappa shape index (κ3) is 2.68. The van der Waals surface area contributed by atoms with Crippen molar-refractivity contribution in [1.29, 1.82) is 0 Å². The summed E-state index contributed by atoms with van der Waals surface area (Å²) in [6.07, 6.45) is 0.771. The van der Waals surface area contributed by atoms with Crippen LogP contribution in [0.3, 0.4) is 0 Å². The molecule has 0 saturated carbocycles. The molecule has 0 amide bonds. The maximum atomic E-state index is 9.82. The molecular weight excluding hydrogens is 252 g/mol. The number of rotatable bonds is 3. The van der Waals surface area contributed by atoms with Crippen LogP contribution in [-0.2, 0) is 6.54 Å². The quantitative estimate of drug-likeness (QED) is 0.903. The Hall–Kier alpha value is -1.10. The van der Waals surface area contributed by atoms with Crippen LogP contribution in [0.25, 0.3) is 0 Å². The molecule has 1 aromatic rings. The van der Waals surface area contributed by atoms with Gasteiger partial charge in [-0.05, 0) is 19.4 Å². The molecule has 3 rings (SSSR count). The van der Waals surface area contributed by atoms with Gasteiger partial charge in [-0.1, -0.05) is 18.2 Å². The Labute approximate surface area is 120 Å². The molecule has 2 aliphatic heterocycles. The van der Waals surface area contributed by atoms with Crippen molar-refractivity contribution in [1.82, 2.24) is 9.80 Å². The van der Waals surface area contributed by atoms with Gasteiger partial charge >= 0.3 is 0 Å².